The van der Waals surface area contributed by atoms with Gasteiger partial charge in [-0.15, -0.1) is 0 Å². The van der Waals surface area contributed by atoms with Crippen LogP contribution in [-0.2, 0) is 14.3 Å². The first-order chi connectivity index (χ1) is 14.9. The molecule has 1 N–H and O–H groups in total. The number of carbonyl (C=O) groups is 2. The number of amides is 1. The highest BCUT2D eigenvalue weighted by Gasteiger charge is 2.57. The van der Waals surface area contributed by atoms with E-state index in [1.54, 1.807) is 7.11 Å². The van der Waals surface area contributed by atoms with E-state index >= 15 is 0 Å². The van der Waals surface area contributed by atoms with Crippen molar-refractivity contribution in [2.24, 2.45) is 16.7 Å². The molecule has 0 bridgehead atoms. The Bertz CT molecular complexity index is 900. The standard InChI is InChI=1S/C25H35NO6/c1-23(2,3)12-20(27)26-13-25(14-26)11-18-22(31-15-25)17-7-6-16(30-5)10-19(17)32-24(18,4)9-8-21(28)29/h6-7,10,18,22H,8-9,11-15H2,1-5H3,(H,28,29)/t18-,22+,24-/m0/s1. The van der Waals surface area contributed by atoms with Crippen molar-refractivity contribution in [3.05, 3.63) is 23.8 Å². The molecule has 0 aromatic heterocycles. The number of nitrogens with zero attached hydrogens (tertiary/aromatic N) is 1. The maximum absolute atomic E-state index is 12.7. The van der Waals surface area contributed by atoms with E-state index in [1.165, 1.54) is 0 Å². The maximum atomic E-state index is 12.7. The van der Waals surface area contributed by atoms with E-state index in [9.17, 15) is 14.7 Å². The number of ether oxygens (including phenoxy) is 3. The number of hydrogen-bond acceptors (Lipinski definition) is 5. The molecule has 4 rings (SSSR count). The van der Waals surface area contributed by atoms with Gasteiger partial charge >= 0.3 is 5.97 Å². The molecular formula is C25H35NO6. The second-order valence-corrected chi connectivity index (χ2v) is 11.2. The van der Waals surface area contributed by atoms with Gasteiger partial charge in [-0.2, -0.15) is 0 Å². The Morgan fingerprint density at radius 3 is 2.62 bits per heavy atom. The number of aliphatic carboxylic acids is 1. The molecule has 1 spiro atoms. The summed E-state index contributed by atoms with van der Waals surface area (Å²) in [6.45, 7) is 10.2. The third-order valence-electron chi connectivity index (χ3n) is 7.16. The van der Waals surface area contributed by atoms with Crippen LogP contribution in [0.2, 0.25) is 0 Å². The van der Waals surface area contributed by atoms with E-state index in [2.05, 4.69) is 20.8 Å². The fourth-order valence-corrected chi connectivity index (χ4v) is 5.47. The van der Waals surface area contributed by atoms with Crippen LogP contribution in [0, 0.1) is 16.7 Å². The summed E-state index contributed by atoms with van der Waals surface area (Å²) in [5.41, 5.74) is 0.183. The number of carbonyl (C=O) groups excluding carboxylic acids is 1. The van der Waals surface area contributed by atoms with Crippen molar-refractivity contribution in [1.82, 2.24) is 4.90 Å². The molecule has 1 aromatic rings. The van der Waals surface area contributed by atoms with Crippen LogP contribution in [0.3, 0.4) is 0 Å². The van der Waals surface area contributed by atoms with Crippen LogP contribution < -0.4 is 9.47 Å². The quantitative estimate of drug-likeness (QED) is 0.736. The van der Waals surface area contributed by atoms with Crippen molar-refractivity contribution in [2.45, 2.75) is 65.1 Å². The van der Waals surface area contributed by atoms with Gasteiger partial charge in [-0.3, -0.25) is 9.59 Å². The molecule has 3 atom stereocenters. The summed E-state index contributed by atoms with van der Waals surface area (Å²) in [5.74, 6) is 0.761. The number of likely N-dealkylation sites (tertiary alicyclic amines) is 1. The summed E-state index contributed by atoms with van der Waals surface area (Å²) in [6.07, 6.45) is 1.64. The topological polar surface area (TPSA) is 85.3 Å². The average molecular weight is 446 g/mol. The Morgan fingerprint density at radius 2 is 2.00 bits per heavy atom. The van der Waals surface area contributed by atoms with E-state index in [0.717, 1.165) is 12.0 Å². The number of carboxylic acids is 1. The van der Waals surface area contributed by atoms with Crippen LogP contribution in [0.15, 0.2) is 18.2 Å². The van der Waals surface area contributed by atoms with Crippen LogP contribution in [0.25, 0.3) is 0 Å². The van der Waals surface area contributed by atoms with Crippen LogP contribution >= 0.6 is 0 Å². The molecule has 32 heavy (non-hydrogen) atoms. The molecule has 7 heteroatoms. The van der Waals surface area contributed by atoms with Gasteiger partial charge < -0.3 is 24.2 Å². The highest BCUT2D eigenvalue weighted by atomic mass is 16.5. The molecule has 3 heterocycles. The predicted octanol–water partition coefficient (Wildman–Crippen LogP) is 4.05. The lowest BCUT2D eigenvalue weighted by atomic mass is 9.63. The van der Waals surface area contributed by atoms with Gasteiger partial charge in [0, 0.05) is 48.9 Å². The minimum absolute atomic E-state index is 0.0105. The van der Waals surface area contributed by atoms with E-state index in [1.807, 2.05) is 30.0 Å². The van der Waals surface area contributed by atoms with Crippen molar-refractivity contribution in [3.8, 4) is 11.5 Å². The molecule has 1 amide bonds. The van der Waals surface area contributed by atoms with Gasteiger partial charge in [0.1, 0.15) is 17.1 Å². The van der Waals surface area contributed by atoms with Crippen molar-refractivity contribution in [2.75, 3.05) is 26.8 Å². The predicted molar refractivity (Wildman–Crippen MR) is 119 cm³/mol. The summed E-state index contributed by atoms with van der Waals surface area (Å²) in [4.78, 5) is 26.0. The summed E-state index contributed by atoms with van der Waals surface area (Å²) < 4.78 is 18.3. The molecule has 0 saturated carbocycles. The van der Waals surface area contributed by atoms with Gasteiger partial charge in [-0.1, -0.05) is 20.8 Å². The van der Waals surface area contributed by atoms with Gasteiger partial charge in [-0.25, -0.2) is 0 Å². The van der Waals surface area contributed by atoms with Gasteiger partial charge in [0.2, 0.25) is 5.91 Å². The molecule has 176 valence electrons. The molecule has 3 aliphatic heterocycles. The first kappa shape index (κ1) is 22.9. The zero-order chi connectivity index (χ0) is 23.3. The van der Waals surface area contributed by atoms with Crippen LogP contribution in [0.4, 0.5) is 0 Å². The number of carboxylic acid groups (broad SMARTS) is 1. The zero-order valence-corrected chi connectivity index (χ0v) is 19.8. The molecule has 2 fully saturated rings. The molecule has 7 nitrogen and oxygen atoms in total. The van der Waals surface area contributed by atoms with Crippen LogP contribution in [-0.4, -0.2) is 54.3 Å². The Balaban J connectivity index is 1.56. The van der Waals surface area contributed by atoms with Gasteiger partial charge in [-0.05, 0) is 37.3 Å². The van der Waals surface area contributed by atoms with Gasteiger partial charge in [0.15, 0.2) is 0 Å². The molecule has 0 unspecified atom stereocenters. The fourth-order valence-electron chi connectivity index (χ4n) is 5.47. The first-order valence-electron chi connectivity index (χ1n) is 11.4. The Kier molecular flexibility index (Phi) is 5.68. The smallest absolute Gasteiger partial charge is 0.303 e. The number of fused-ring (bicyclic) bond motifs is 3. The maximum Gasteiger partial charge on any atom is 0.303 e. The molecule has 0 radical (unpaired) electrons. The number of rotatable bonds is 5. The average Bonchev–Trinajstić information content (AvgIpc) is 2.68. The highest BCUT2D eigenvalue weighted by Crippen LogP contribution is 2.56. The second-order valence-electron chi connectivity index (χ2n) is 11.2. The van der Waals surface area contributed by atoms with Crippen molar-refractivity contribution < 1.29 is 28.9 Å². The molecule has 2 saturated heterocycles. The number of hydrogen-bond donors (Lipinski definition) is 1. The van der Waals surface area contributed by atoms with Crippen molar-refractivity contribution in [3.63, 3.8) is 0 Å². The summed E-state index contributed by atoms with van der Waals surface area (Å²) in [7, 11) is 1.61. The highest BCUT2D eigenvalue weighted by molar-refractivity contribution is 5.78. The lowest BCUT2D eigenvalue weighted by molar-refractivity contribution is -0.206. The SMILES string of the molecule is COc1ccc2c(c1)O[C@@](C)(CCC(=O)O)[C@H]1CC3(CO[C@H]21)CN(C(=O)CC(C)(C)C)C3. The summed E-state index contributed by atoms with van der Waals surface area (Å²) in [5, 5.41) is 9.33. The Hall–Kier alpha value is -2.28. The molecule has 0 aliphatic carbocycles. The summed E-state index contributed by atoms with van der Waals surface area (Å²) in [6, 6.07) is 5.75. The third kappa shape index (κ3) is 4.32. The fraction of sp³-hybridized carbons (Fsp3) is 0.680. The van der Waals surface area contributed by atoms with Gasteiger partial charge in [0.25, 0.3) is 0 Å². The monoisotopic (exact) mass is 445 g/mol. The first-order valence-corrected chi connectivity index (χ1v) is 11.4. The Labute approximate surface area is 190 Å². The summed E-state index contributed by atoms with van der Waals surface area (Å²) >= 11 is 0. The van der Waals surface area contributed by atoms with Gasteiger partial charge in [0.05, 0.1) is 19.8 Å². The zero-order valence-electron chi connectivity index (χ0n) is 19.8. The lowest BCUT2D eigenvalue weighted by Crippen LogP contribution is -2.65. The van der Waals surface area contributed by atoms with E-state index in [0.29, 0.717) is 44.0 Å². The van der Waals surface area contributed by atoms with E-state index in [4.69, 9.17) is 14.2 Å². The molecular weight excluding hydrogens is 410 g/mol. The number of methoxy groups -OCH3 is 1. The lowest BCUT2D eigenvalue weighted by Gasteiger charge is -2.59. The largest absolute Gasteiger partial charge is 0.497 e. The van der Waals surface area contributed by atoms with E-state index in [-0.39, 0.29) is 35.2 Å². The second kappa shape index (κ2) is 7.94. The minimum atomic E-state index is -0.836. The third-order valence-corrected chi connectivity index (χ3v) is 7.16. The normalized spacial score (nSPS) is 28.2. The van der Waals surface area contributed by atoms with Crippen LogP contribution in [0.5, 0.6) is 11.5 Å². The van der Waals surface area contributed by atoms with Crippen molar-refractivity contribution in [1.29, 1.82) is 0 Å². The van der Waals surface area contributed by atoms with Crippen molar-refractivity contribution >= 4 is 11.9 Å². The van der Waals surface area contributed by atoms with Crippen LogP contribution in [0.1, 0.15) is 65.0 Å². The molecule has 3 aliphatic rings. The van der Waals surface area contributed by atoms with E-state index < -0.39 is 11.6 Å². The minimum Gasteiger partial charge on any atom is -0.497 e. The Morgan fingerprint density at radius 1 is 1.28 bits per heavy atom. The molecule has 1 aromatic carbocycles. The number of benzene rings is 1.